The molecule has 1 atom stereocenters. The summed E-state index contributed by atoms with van der Waals surface area (Å²) in [5, 5.41) is 28.9. The van der Waals surface area contributed by atoms with Crippen LogP contribution in [0.15, 0.2) is 78.9 Å². The highest BCUT2D eigenvalue weighted by Crippen LogP contribution is 2.32. The second-order valence-corrected chi connectivity index (χ2v) is 6.86. The number of ether oxygens (including phenoxy) is 1. The second kappa shape index (κ2) is 9.34. The van der Waals surface area contributed by atoms with Crippen LogP contribution in [0.3, 0.4) is 0 Å². The average Bonchev–Trinajstić information content (AvgIpc) is 2.83. The van der Waals surface area contributed by atoms with E-state index in [0.29, 0.717) is 28.8 Å². The Morgan fingerprint density at radius 3 is 1.81 bits per heavy atom. The number of hydrogen-bond acceptors (Lipinski definition) is 7. The van der Waals surface area contributed by atoms with E-state index >= 15 is 0 Å². The Labute approximate surface area is 179 Å². The van der Waals surface area contributed by atoms with Gasteiger partial charge in [-0.2, -0.15) is 0 Å². The van der Waals surface area contributed by atoms with Crippen LogP contribution in [0.1, 0.15) is 0 Å². The number of aliphatic hydroxyl groups is 2. The molecule has 0 aliphatic heterocycles. The summed E-state index contributed by atoms with van der Waals surface area (Å²) in [5.74, 6) is 1.60. The minimum absolute atomic E-state index is 0.0692. The minimum Gasteiger partial charge on any atom is -0.507 e. The Bertz CT molecular complexity index is 1100. The van der Waals surface area contributed by atoms with Crippen molar-refractivity contribution in [3.05, 3.63) is 78.9 Å². The lowest BCUT2D eigenvalue weighted by atomic mass is 10.1. The van der Waals surface area contributed by atoms with Crippen LogP contribution in [0, 0.1) is 0 Å². The van der Waals surface area contributed by atoms with Gasteiger partial charge in [0.05, 0.1) is 12.2 Å². The van der Waals surface area contributed by atoms with Crippen molar-refractivity contribution in [1.82, 2.24) is 15.0 Å². The SMILES string of the molecule is OCC(O)COc1ccc(-c2nc(-c3ccccc3)nc(-c3ccccc3)n2)c(O)c1. The topological polar surface area (TPSA) is 109 Å². The fourth-order valence-electron chi connectivity index (χ4n) is 2.96. The molecule has 1 unspecified atom stereocenters. The molecule has 1 aromatic heterocycles. The third-order valence-electron chi connectivity index (χ3n) is 4.56. The van der Waals surface area contributed by atoms with Gasteiger partial charge in [-0.3, -0.25) is 0 Å². The molecule has 0 aliphatic rings. The number of phenols is 1. The zero-order valence-corrected chi connectivity index (χ0v) is 16.6. The second-order valence-electron chi connectivity index (χ2n) is 6.86. The molecule has 0 saturated carbocycles. The number of phenolic OH excluding ortho intramolecular Hbond substituents is 1. The normalized spacial score (nSPS) is 11.8. The lowest BCUT2D eigenvalue weighted by Gasteiger charge is -2.12. The fraction of sp³-hybridized carbons (Fsp3) is 0.125. The molecular weight excluding hydrogens is 394 g/mol. The summed E-state index contributed by atoms with van der Waals surface area (Å²) >= 11 is 0. The maximum atomic E-state index is 10.6. The molecule has 156 valence electrons. The first-order valence-corrected chi connectivity index (χ1v) is 9.76. The summed E-state index contributed by atoms with van der Waals surface area (Å²) in [7, 11) is 0. The highest BCUT2D eigenvalue weighted by Gasteiger charge is 2.15. The van der Waals surface area contributed by atoms with E-state index in [1.807, 2.05) is 60.7 Å². The van der Waals surface area contributed by atoms with Gasteiger partial charge in [0, 0.05) is 17.2 Å². The van der Waals surface area contributed by atoms with Gasteiger partial charge in [-0.1, -0.05) is 60.7 Å². The molecule has 1 heterocycles. The molecule has 7 nitrogen and oxygen atoms in total. The summed E-state index contributed by atoms with van der Waals surface area (Å²) in [4.78, 5) is 13.8. The Morgan fingerprint density at radius 2 is 1.29 bits per heavy atom. The van der Waals surface area contributed by atoms with Crippen molar-refractivity contribution in [2.75, 3.05) is 13.2 Å². The highest BCUT2D eigenvalue weighted by molar-refractivity contribution is 5.70. The predicted octanol–water partition coefficient (Wildman–Crippen LogP) is 3.31. The molecule has 0 bridgehead atoms. The van der Waals surface area contributed by atoms with Gasteiger partial charge in [-0.05, 0) is 12.1 Å². The van der Waals surface area contributed by atoms with E-state index in [4.69, 9.17) is 9.84 Å². The monoisotopic (exact) mass is 415 g/mol. The van der Waals surface area contributed by atoms with Crippen molar-refractivity contribution in [3.8, 4) is 45.7 Å². The minimum atomic E-state index is -0.993. The van der Waals surface area contributed by atoms with Gasteiger partial charge >= 0.3 is 0 Å². The molecule has 0 aliphatic carbocycles. The lowest BCUT2D eigenvalue weighted by Crippen LogP contribution is -2.21. The number of aliphatic hydroxyl groups excluding tert-OH is 2. The lowest BCUT2D eigenvalue weighted by molar-refractivity contribution is 0.0535. The van der Waals surface area contributed by atoms with Crippen molar-refractivity contribution in [3.63, 3.8) is 0 Å². The maximum absolute atomic E-state index is 10.6. The summed E-state index contributed by atoms with van der Waals surface area (Å²) in [6, 6.07) is 23.8. The van der Waals surface area contributed by atoms with Crippen LogP contribution >= 0.6 is 0 Å². The van der Waals surface area contributed by atoms with Crippen LogP contribution in [0.25, 0.3) is 34.2 Å². The zero-order chi connectivity index (χ0) is 21.6. The molecule has 0 saturated heterocycles. The number of hydrogen-bond donors (Lipinski definition) is 3. The average molecular weight is 415 g/mol. The van der Waals surface area contributed by atoms with E-state index in [-0.39, 0.29) is 12.4 Å². The van der Waals surface area contributed by atoms with Crippen LogP contribution in [-0.2, 0) is 0 Å². The third-order valence-corrected chi connectivity index (χ3v) is 4.56. The van der Waals surface area contributed by atoms with Gasteiger partial charge in [0.25, 0.3) is 0 Å². The number of aromatic hydroxyl groups is 1. The van der Waals surface area contributed by atoms with Crippen LogP contribution < -0.4 is 4.74 Å². The van der Waals surface area contributed by atoms with Gasteiger partial charge in [0.15, 0.2) is 17.5 Å². The molecule has 4 rings (SSSR count). The summed E-state index contributed by atoms with van der Waals surface area (Å²) in [5.41, 5.74) is 2.09. The summed E-state index contributed by atoms with van der Waals surface area (Å²) in [6.07, 6.45) is -0.993. The van der Waals surface area contributed by atoms with Gasteiger partial charge in [0.1, 0.15) is 24.2 Å². The number of rotatable bonds is 7. The molecular formula is C24H21N3O4. The van der Waals surface area contributed by atoms with Gasteiger partial charge < -0.3 is 20.1 Å². The van der Waals surface area contributed by atoms with E-state index < -0.39 is 12.7 Å². The third kappa shape index (κ3) is 4.85. The van der Waals surface area contributed by atoms with Crippen LogP contribution in [0.5, 0.6) is 11.5 Å². The van der Waals surface area contributed by atoms with Gasteiger partial charge in [-0.15, -0.1) is 0 Å². The van der Waals surface area contributed by atoms with Crippen molar-refractivity contribution in [2.24, 2.45) is 0 Å². The molecule has 0 radical (unpaired) electrons. The summed E-state index contributed by atoms with van der Waals surface area (Å²) in [6.45, 7) is -0.489. The molecule has 7 heteroatoms. The molecule has 0 spiro atoms. The highest BCUT2D eigenvalue weighted by atomic mass is 16.5. The fourth-order valence-corrected chi connectivity index (χ4v) is 2.96. The first kappa shape index (κ1) is 20.5. The Morgan fingerprint density at radius 1 is 0.742 bits per heavy atom. The van der Waals surface area contributed by atoms with E-state index in [1.54, 1.807) is 12.1 Å². The van der Waals surface area contributed by atoms with Gasteiger partial charge in [-0.25, -0.2) is 15.0 Å². The first-order valence-electron chi connectivity index (χ1n) is 9.76. The molecule has 4 aromatic rings. The van der Waals surface area contributed by atoms with E-state index in [2.05, 4.69) is 15.0 Å². The number of aromatic nitrogens is 3. The molecule has 3 N–H and O–H groups in total. The molecule has 0 fully saturated rings. The Balaban J connectivity index is 1.75. The molecule has 0 amide bonds. The van der Waals surface area contributed by atoms with E-state index in [9.17, 15) is 10.2 Å². The van der Waals surface area contributed by atoms with E-state index in [1.165, 1.54) is 6.07 Å². The van der Waals surface area contributed by atoms with Crippen LogP contribution in [0.2, 0.25) is 0 Å². The number of nitrogens with zero attached hydrogens (tertiary/aromatic N) is 3. The van der Waals surface area contributed by atoms with Crippen molar-refractivity contribution in [2.45, 2.75) is 6.10 Å². The van der Waals surface area contributed by atoms with E-state index in [0.717, 1.165) is 11.1 Å². The standard InChI is InChI=1S/C24H21N3O4/c28-14-18(29)15-31-19-11-12-20(21(30)13-19)24-26-22(16-7-3-1-4-8-16)25-23(27-24)17-9-5-2-6-10-17/h1-13,18,28-30H,14-15H2. The Hall–Kier alpha value is -3.81. The first-order chi connectivity index (χ1) is 15.1. The van der Waals surface area contributed by atoms with Crippen molar-refractivity contribution in [1.29, 1.82) is 0 Å². The Kier molecular flexibility index (Phi) is 6.16. The maximum Gasteiger partial charge on any atom is 0.167 e. The zero-order valence-electron chi connectivity index (χ0n) is 16.6. The largest absolute Gasteiger partial charge is 0.507 e. The molecule has 3 aromatic carbocycles. The van der Waals surface area contributed by atoms with Crippen molar-refractivity contribution >= 4 is 0 Å². The van der Waals surface area contributed by atoms with Crippen molar-refractivity contribution < 1.29 is 20.1 Å². The quantitative estimate of drug-likeness (QED) is 0.425. The smallest absolute Gasteiger partial charge is 0.167 e. The van der Waals surface area contributed by atoms with Crippen LogP contribution in [-0.4, -0.2) is 49.6 Å². The number of benzene rings is 3. The predicted molar refractivity (Wildman–Crippen MR) is 116 cm³/mol. The summed E-state index contributed by atoms with van der Waals surface area (Å²) < 4.78 is 5.39. The molecule has 31 heavy (non-hydrogen) atoms. The van der Waals surface area contributed by atoms with Crippen LogP contribution in [0.4, 0.5) is 0 Å². The van der Waals surface area contributed by atoms with Gasteiger partial charge in [0.2, 0.25) is 0 Å².